The molecule has 4 heterocycles. The zero-order chi connectivity index (χ0) is 30.1. The number of carbonyl (C=O) groups excluding carboxylic acids is 4. The minimum atomic E-state index is -1.44. The third kappa shape index (κ3) is 4.27. The molecule has 2 saturated carbocycles. The first kappa shape index (κ1) is 28.2. The maximum atomic E-state index is 14.7. The average Bonchev–Trinajstić information content (AvgIpc) is 3.70. The van der Waals surface area contributed by atoms with Crippen molar-refractivity contribution < 1.29 is 28.7 Å². The van der Waals surface area contributed by atoms with Crippen LogP contribution in [0.15, 0.2) is 18.3 Å². The van der Waals surface area contributed by atoms with Crippen molar-refractivity contribution in [3.8, 4) is 11.8 Å². The number of fused-ring (bicyclic) bond motifs is 6. The van der Waals surface area contributed by atoms with Gasteiger partial charge in [0.05, 0.1) is 19.7 Å². The van der Waals surface area contributed by atoms with Crippen molar-refractivity contribution in [2.24, 2.45) is 35.0 Å². The number of pyridine rings is 1. The van der Waals surface area contributed by atoms with Gasteiger partial charge < -0.3 is 29.9 Å². The maximum absolute atomic E-state index is 14.7. The Labute approximate surface area is 245 Å². The topological polar surface area (TPSA) is 154 Å². The Morgan fingerprint density at radius 2 is 2.02 bits per heavy atom. The van der Waals surface area contributed by atoms with Crippen LogP contribution in [-0.2, 0) is 19.1 Å². The fraction of sp³-hybridized carbons (Fsp3) is 0.667. The van der Waals surface area contributed by atoms with Crippen molar-refractivity contribution in [2.75, 3.05) is 25.5 Å². The fourth-order valence-electron chi connectivity index (χ4n) is 8.32. The quantitative estimate of drug-likeness (QED) is 0.553. The Hall–Kier alpha value is -3.88. The van der Waals surface area contributed by atoms with Gasteiger partial charge in [-0.05, 0) is 60.0 Å². The van der Waals surface area contributed by atoms with Crippen molar-refractivity contribution in [3.63, 3.8) is 0 Å². The Balaban J connectivity index is 1.34. The van der Waals surface area contributed by atoms with E-state index in [2.05, 4.69) is 28.6 Å². The molecule has 1 spiro atoms. The second kappa shape index (κ2) is 9.85. The first-order chi connectivity index (χ1) is 19.9. The third-order valence-electron chi connectivity index (χ3n) is 10.3. The maximum Gasteiger partial charge on any atom is 0.407 e. The SMILES string of the molecule is COC(=O)NC(C(=O)N1CC2C3CC(C)C(C3)C2C1C(=O)N1CC2(CC1C#N)Oc1cccnc1NC2=O)C(C)(C)C. The van der Waals surface area contributed by atoms with Crippen molar-refractivity contribution in [1.82, 2.24) is 20.1 Å². The van der Waals surface area contributed by atoms with E-state index in [1.54, 1.807) is 23.2 Å². The van der Waals surface area contributed by atoms with Gasteiger partial charge in [-0.3, -0.25) is 14.4 Å². The van der Waals surface area contributed by atoms with E-state index in [1.807, 2.05) is 20.8 Å². The predicted molar refractivity (Wildman–Crippen MR) is 149 cm³/mol. The summed E-state index contributed by atoms with van der Waals surface area (Å²) < 4.78 is 11.0. The lowest BCUT2D eigenvalue weighted by Crippen LogP contribution is -2.60. The summed E-state index contributed by atoms with van der Waals surface area (Å²) >= 11 is 0. The van der Waals surface area contributed by atoms with Crippen LogP contribution in [0.1, 0.15) is 47.0 Å². The number of hydrogen-bond donors (Lipinski definition) is 2. The zero-order valence-electron chi connectivity index (χ0n) is 24.6. The molecule has 4 amide bonds. The summed E-state index contributed by atoms with van der Waals surface area (Å²) in [5.41, 5.74) is -2.10. The first-order valence-corrected chi connectivity index (χ1v) is 14.7. The smallest absolute Gasteiger partial charge is 0.407 e. The number of nitrogens with one attached hydrogen (secondary N) is 2. The Kier molecular flexibility index (Phi) is 6.62. The Bertz CT molecular complexity index is 1370. The molecule has 12 heteroatoms. The molecule has 224 valence electrons. The molecular formula is C30H38N6O6. The average molecular weight is 579 g/mol. The van der Waals surface area contributed by atoms with E-state index in [4.69, 9.17) is 9.47 Å². The van der Waals surface area contributed by atoms with Crippen LogP contribution < -0.4 is 15.4 Å². The van der Waals surface area contributed by atoms with E-state index in [9.17, 15) is 24.4 Å². The number of carbonyl (C=O) groups is 4. The van der Waals surface area contributed by atoms with Gasteiger partial charge in [-0.2, -0.15) is 5.26 Å². The summed E-state index contributed by atoms with van der Waals surface area (Å²) in [5, 5.41) is 15.6. The summed E-state index contributed by atoms with van der Waals surface area (Å²) in [4.78, 5) is 61.8. The van der Waals surface area contributed by atoms with Gasteiger partial charge in [-0.1, -0.05) is 27.7 Å². The van der Waals surface area contributed by atoms with Gasteiger partial charge in [-0.25, -0.2) is 9.78 Å². The molecule has 3 aliphatic heterocycles. The number of rotatable bonds is 3. The fourth-order valence-corrected chi connectivity index (χ4v) is 8.32. The normalized spacial score (nSPS) is 35.1. The molecule has 4 fully saturated rings. The number of alkyl carbamates (subject to hydrolysis) is 1. The van der Waals surface area contributed by atoms with E-state index in [-0.39, 0.29) is 42.5 Å². The molecule has 1 aromatic rings. The van der Waals surface area contributed by atoms with Crippen molar-refractivity contribution in [3.05, 3.63) is 18.3 Å². The van der Waals surface area contributed by atoms with E-state index in [0.29, 0.717) is 29.9 Å². The monoisotopic (exact) mass is 578 g/mol. The van der Waals surface area contributed by atoms with Gasteiger partial charge in [0.25, 0.3) is 5.91 Å². The summed E-state index contributed by atoms with van der Waals surface area (Å²) in [7, 11) is 1.24. The molecule has 12 nitrogen and oxygen atoms in total. The van der Waals surface area contributed by atoms with Crippen LogP contribution in [0.3, 0.4) is 0 Å². The zero-order valence-corrected chi connectivity index (χ0v) is 24.6. The highest BCUT2D eigenvalue weighted by Crippen LogP contribution is 2.60. The minimum Gasteiger partial charge on any atom is -0.472 e. The third-order valence-corrected chi connectivity index (χ3v) is 10.3. The van der Waals surface area contributed by atoms with Crippen LogP contribution >= 0.6 is 0 Å². The van der Waals surface area contributed by atoms with E-state index in [1.165, 1.54) is 12.0 Å². The molecule has 2 bridgehead atoms. The second-order valence-electron chi connectivity index (χ2n) is 13.7. The van der Waals surface area contributed by atoms with Crippen molar-refractivity contribution >= 4 is 29.6 Å². The number of anilines is 1. The molecule has 6 rings (SSSR count). The molecular weight excluding hydrogens is 540 g/mol. The molecule has 9 unspecified atom stereocenters. The Morgan fingerprint density at radius 3 is 2.71 bits per heavy atom. The van der Waals surface area contributed by atoms with Crippen LogP contribution in [0.5, 0.6) is 5.75 Å². The highest BCUT2D eigenvalue weighted by molar-refractivity contribution is 6.01. The molecule has 42 heavy (non-hydrogen) atoms. The van der Waals surface area contributed by atoms with Crippen LogP contribution in [0, 0.1) is 46.3 Å². The lowest BCUT2D eigenvalue weighted by atomic mass is 9.73. The summed E-state index contributed by atoms with van der Waals surface area (Å²) in [6.07, 6.45) is 2.91. The number of nitrogens with zero attached hydrogens (tertiary/aromatic N) is 4. The van der Waals surface area contributed by atoms with Crippen LogP contribution in [0.4, 0.5) is 10.6 Å². The minimum absolute atomic E-state index is 0.00113. The van der Waals surface area contributed by atoms with Gasteiger partial charge in [0, 0.05) is 19.2 Å². The number of methoxy groups -OCH3 is 1. The van der Waals surface area contributed by atoms with Gasteiger partial charge in [-0.15, -0.1) is 0 Å². The van der Waals surface area contributed by atoms with Gasteiger partial charge >= 0.3 is 6.09 Å². The number of hydrogen-bond acceptors (Lipinski definition) is 8. The Morgan fingerprint density at radius 1 is 1.26 bits per heavy atom. The number of amides is 4. The van der Waals surface area contributed by atoms with Crippen LogP contribution in [0.2, 0.25) is 0 Å². The lowest BCUT2D eigenvalue weighted by molar-refractivity contribution is -0.149. The summed E-state index contributed by atoms with van der Waals surface area (Å²) in [6.45, 7) is 8.06. The van der Waals surface area contributed by atoms with Crippen LogP contribution in [0.25, 0.3) is 0 Å². The summed E-state index contributed by atoms with van der Waals surface area (Å²) in [6, 6.07) is 2.94. The van der Waals surface area contributed by atoms with E-state index < -0.39 is 41.1 Å². The predicted octanol–water partition coefficient (Wildman–Crippen LogP) is 2.17. The van der Waals surface area contributed by atoms with Crippen molar-refractivity contribution in [2.45, 2.75) is 70.7 Å². The largest absolute Gasteiger partial charge is 0.472 e. The number of nitriles is 1. The molecule has 0 radical (unpaired) electrons. The molecule has 1 aromatic heterocycles. The van der Waals surface area contributed by atoms with Gasteiger partial charge in [0.15, 0.2) is 11.6 Å². The van der Waals surface area contributed by atoms with Crippen LogP contribution in [-0.4, -0.2) is 82.5 Å². The number of aromatic nitrogens is 1. The van der Waals surface area contributed by atoms with E-state index in [0.717, 1.165) is 12.8 Å². The lowest BCUT2D eigenvalue weighted by Gasteiger charge is -2.39. The van der Waals surface area contributed by atoms with Crippen molar-refractivity contribution in [1.29, 1.82) is 5.26 Å². The van der Waals surface area contributed by atoms with Gasteiger partial charge in [0.1, 0.15) is 18.1 Å². The highest BCUT2D eigenvalue weighted by Gasteiger charge is 2.64. The number of likely N-dealkylation sites (tertiary alicyclic amines) is 2. The standard InChI is InChI=1S/C30H38N6O6/c1-15-9-16-10-18(15)21-19(16)13-35(26(38)23(29(2,3)4)33-28(40)41-5)22(21)25(37)36-14-30(11-17(36)12-31)27(39)34-24-20(42-30)7-6-8-32-24/h6-8,15-19,21-23H,9-11,13-14H2,1-5H3,(H,33,40)(H,32,34,39). The molecule has 2 aliphatic carbocycles. The molecule has 2 N–H and O–H groups in total. The highest BCUT2D eigenvalue weighted by atomic mass is 16.5. The molecule has 9 atom stereocenters. The summed E-state index contributed by atoms with van der Waals surface area (Å²) in [5.74, 6) is 0.735. The second-order valence-corrected chi connectivity index (χ2v) is 13.7. The van der Waals surface area contributed by atoms with E-state index >= 15 is 0 Å². The van der Waals surface area contributed by atoms with Gasteiger partial charge in [0.2, 0.25) is 17.4 Å². The number of ether oxygens (including phenoxy) is 2. The molecule has 2 saturated heterocycles. The first-order valence-electron chi connectivity index (χ1n) is 14.7. The molecule has 0 aromatic carbocycles. The molecule has 5 aliphatic rings.